The Balaban J connectivity index is 2.93. The number of benzene rings is 1. The third kappa shape index (κ3) is 8.30. The molecule has 0 fully saturated rings. The number of carbonyl (C=O) groups is 4. The first-order valence-electron chi connectivity index (χ1n) is 10.9. The zero-order valence-corrected chi connectivity index (χ0v) is 19.4. The van der Waals surface area contributed by atoms with Crippen molar-refractivity contribution in [3.63, 3.8) is 0 Å². The van der Waals surface area contributed by atoms with Crippen LogP contribution >= 0.6 is 0 Å². The van der Waals surface area contributed by atoms with Crippen LogP contribution in [0.3, 0.4) is 0 Å². The lowest BCUT2D eigenvalue weighted by atomic mass is 9.98. The number of rotatable bonds is 12. The second kappa shape index (κ2) is 12.8. The normalized spacial score (nSPS) is 15.7. The van der Waals surface area contributed by atoms with Gasteiger partial charge in [-0.2, -0.15) is 0 Å². The fraction of sp³-hybridized carbons (Fsp3) is 0.565. The van der Waals surface area contributed by atoms with E-state index in [0.29, 0.717) is 6.42 Å². The Morgan fingerprint density at radius 1 is 0.906 bits per heavy atom. The van der Waals surface area contributed by atoms with Crippen LogP contribution in [0.25, 0.3) is 0 Å². The van der Waals surface area contributed by atoms with Crippen LogP contribution in [-0.4, -0.2) is 53.0 Å². The summed E-state index contributed by atoms with van der Waals surface area (Å²) in [5.41, 5.74) is 6.84. The molecule has 0 aliphatic rings. The van der Waals surface area contributed by atoms with Crippen LogP contribution in [0.2, 0.25) is 0 Å². The molecular formula is C23H36N4O5. The van der Waals surface area contributed by atoms with E-state index in [1.54, 1.807) is 13.8 Å². The lowest BCUT2D eigenvalue weighted by molar-refractivity contribution is -0.143. The molecule has 6 N–H and O–H groups in total. The number of carbonyl (C=O) groups excluding carboxylic acids is 3. The van der Waals surface area contributed by atoms with Gasteiger partial charge in [0.15, 0.2) is 0 Å². The van der Waals surface area contributed by atoms with Crippen molar-refractivity contribution < 1.29 is 24.3 Å². The maximum atomic E-state index is 13.0. The van der Waals surface area contributed by atoms with Crippen molar-refractivity contribution in [2.75, 3.05) is 0 Å². The van der Waals surface area contributed by atoms with Gasteiger partial charge in [-0.3, -0.25) is 14.4 Å². The second-order valence-corrected chi connectivity index (χ2v) is 8.46. The minimum atomic E-state index is -1.15. The lowest BCUT2D eigenvalue weighted by Crippen LogP contribution is -2.57. The highest BCUT2D eigenvalue weighted by molar-refractivity contribution is 5.94. The van der Waals surface area contributed by atoms with Crippen LogP contribution < -0.4 is 21.7 Å². The van der Waals surface area contributed by atoms with E-state index >= 15 is 0 Å². The Labute approximate surface area is 189 Å². The first-order chi connectivity index (χ1) is 15.0. The molecule has 0 saturated carbocycles. The van der Waals surface area contributed by atoms with E-state index in [4.69, 9.17) is 5.73 Å². The predicted octanol–water partition coefficient (Wildman–Crippen LogP) is 0.817. The van der Waals surface area contributed by atoms with E-state index in [1.165, 1.54) is 6.92 Å². The summed E-state index contributed by atoms with van der Waals surface area (Å²) in [7, 11) is 0. The Morgan fingerprint density at radius 2 is 1.50 bits per heavy atom. The molecule has 0 aliphatic carbocycles. The maximum absolute atomic E-state index is 13.0. The number of aliphatic carboxylic acids is 1. The van der Waals surface area contributed by atoms with Crippen molar-refractivity contribution in [3.05, 3.63) is 35.9 Å². The largest absolute Gasteiger partial charge is 0.480 e. The van der Waals surface area contributed by atoms with Gasteiger partial charge in [-0.15, -0.1) is 0 Å². The van der Waals surface area contributed by atoms with Crippen LogP contribution in [0, 0.1) is 11.8 Å². The minimum Gasteiger partial charge on any atom is -0.480 e. The molecule has 178 valence electrons. The summed E-state index contributed by atoms with van der Waals surface area (Å²) in [4.78, 5) is 49.3. The predicted molar refractivity (Wildman–Crippen MR) is 122 cm³/mol. The van der Waals surface area contributed by atoms with Crippen LogP contribution in [0.1, 0.15) is 46.6 Å². The summed E-state index contributed by atoms with van der Waals surface area (Å²) in [6.45, 7) is 8.59. The molecule has 3 amide bonds. The molecule has 0 radical (unpaired) electrons. The Morgan fingerprint density at radius 3 is 2.00 bits per heavy atom. The lowest BCUT2D eigenvalue weighted by Gasteiger charge is -2.25. The third-order valence-electron chi connectivity index (χ3n) is 5.46. The molecule has 32 heavy (non-hydrogen) atoms. The van der Waals surface area contributed by atoms with Crippen molar-refractivity contribution in [1.82, 2.24) is 16.0 Å². The SMILES string of the molecule is CCC(C)C(N)C(=O)NC(Cc1ccccc1)C(=O)NC(C)C(=O)NC(C(=O)O)C(C)C. The molecule has 0 aromatic heterocycles. The number of hydrogen-bond donors (Lipinski definition) is 5. The number of nitrogens with two attached hydrogens (primary N) is 1. The average Bonchev–Trinajstić information content (AvgIpc) is 2.75. The third-order valence-corrected chi connectivity index (χ3v) is 5.46. The monoisotopic (exact) mass is 448 g/mol. The zero-order chi connectivity index (χ0) is 24.4. The van der Waals surface area contributed by atoms with Gasteiger partial charge in [0.25, 0.3) is 0 Å². The summed E-state index contributed by atoms with van der Waals surface area (Å²) in [6, 6.07) is 5.36. The van der Waals surface area contributed by atoms with Gasteiger partial charge >= 0.3 is 5.97 Å². The molecule has 0 aliphatic heterocycles. The number of nitrogens with one attached hydrogen (secondary N) is 3. The Hall–Kier alpha value is -2.94. The molecule has 0 bridgehead atoms. The van der Waals surface area contributed by atoms with Gasteiger partial charge < -0.3 is 26.8 Å². The van der Waals surface area contributed by atoms with Crippen molar-refractivity contribution in [3.8, 4) is 0 Å². The van der Waals surface area contributed by atoms with E-state index in [-0.39, 0.29) is 18.3 Å². The first kappa shape index (κ1) is 27.1. The van der Waals surface area contributed by atoms with Gasteiger partial charge in [0.2, 0.25) is 17.7 Å². The van der Waals surface area contributed by atoms with Crippen molar-refractivity contribution in [2.24, 2.45) is 17.6 Å². The highest BCUT2D eigenvalue weighted by atomic mass is 16.4. The van der Waals surface area contributed by atoms with E-state index in [9.17, 15) is 24.3 Å². The maximum Gasteiger partial charge on any atom is 0.326 e. The fourth-order valence-electron chi connectivity index (χ4n) is 3.01. The highest BCUT2D eigenvalue weighted by Crippen LogP contribution is 2.08. The molecule has 5 atom stereocenters. The Bertz CT molecular complexity index is 784. The molecule has 0 saturated heterocycles. The number of carboxylic acids is 1. The molecule has 9 nitrogen and oxygen atoms in total. The van der Waals surface area contributed by atoms with Gasteiger partial charge in [-0.25, -0.2) is 4.79 Å². The smallest absolute Gasteiger partial charge is 0.326 e. The van der Waals surface area contributed by atoms with Gasteiger partial charge in [-0.05, 0) is 24.3 Å². The average molecular weight is 449 g/mol. The molecule has 0 spiro atoms. The van der Waals surface area contributed by atoms with E-state index < -0.39 is 47.9 Å². The molecular weight excluding hydrogens is 412 g/mol. The molecule has 1 aromatic rings. The Kier molecular flexibility index (Phi) is 10.8. The van der Waals surface area contributed by atoms with E-state index in [2.05, 4.69) is 16.0 Å². The summed E-state index contributed by atoms with van der Waals surface area (Å²) >= 11 is 0. The molecule has 0 heterocycles. The first-order valence-corrected chi connectivity index (χ1v) is 10.9. The van der Waals surface area contributed by atoms with E-state index in [1.807, 2.05) is 44.2 Å². The van der Waals surface area contributed by atoms with Crippen LogP contribution in [0.4, 0.5) is 0 Å². The molecule has 1 aromatic carbocycles. The van der Waals surface area contributed by atoms with Crippen molar-refractivity contribution in [1.29, 1.82) is 0 Å². The topological polar surface area (TPSA) is 151 Å². The quantitative estimate of drug-likeness (QED) is 0.319. The highest BCUT2D eigenvalue weighted by Gasteiger charge is 2.30. The summed E-state index contributed by atoms with van der Waals surface area (Å²) in [5, 5.41) is 17.0. The molecule has 5 unspecified atom stereocenters. The number of hydrogen-bond acceptors (Lipinski definition) is 5. The van der Waals surface area contributed by atoms with E-state index in [0.717, 1.165) is 5.56 Å². The zero-order valence-electron chi connectivity index (χ0n) is 19.4. The summed E-state index contributed by atoms with van der Waals surface area (Å²) in [5.74, 6) is -3.17. The van der Waals surface area contributed by atoms with Crippen LogP contribution in [0.5, 0.6) is 0 Å². The number of amides is 3. The summed E-state index contributed by atoms with van der Waals surface area (Å²) in [6.07, 6.45) is 0.922. The van der Waals surface area contributed by atoms with Crippen molar-refractivity contribution >= 4 is 23.7 Å². The van der Waals surface area contributed by atoms with Gasteiger partial charge in [0.1, 0.15) is 18.1 Å². The van der Waals surface area contributed by atoms with Gasteiger partial charge in [-0.1, -0.05) is 64.4 Å². The van der Waals surface area contributed by atoms with Gasteiger partial charge in [0.05, 0.1) is 6.04 Å². The standard InChI is InChI=1S/C23H36N4O5/c1-6-14(4)18(24)22(30)26-17(12-16-10-8-7-9-11-16)21(29)25-15(5)20(28)27-19(13(2)3)23(31)32/h7-11,13-15,17-19H,6,12,24H2,1-5H3,(H,25,29)(H,26,30)(H,27,28)(H,31,32). The van der Waals surface area contributed by atoms with Crippen molar-refractivity contribution in [2.45, 2.75) is 71.6 Å². The minimum absolute atomic E-state index is 0.0656. The van der Waals surface area contributed by atoms with Crippen LogP contribution in [-0.2, 0) is 25.6 Å². The molecule has 9 heteroatoms. The number of carboxylic acid groups (broad SMARTS) is 1. The summed E-state index contributed by atoms with van der Waals surface area (Å²) < 4.78 is 0. The molecule has 1 rings (SSSR count). The fourth-order valence-corrected chi connectivity index (χ4v) is 3.01. The van der Waals surface area contributed by atoms with Crippen LogP contribution in [0.15, 0.2) is 30.3 Å². The second-order valence-electron chi connectivity index (χ2n) is 8.46. The van der Waals surface area contributed by atoms with Gasteiger partial charge in [0, 0.05) is 6.42 Å².